The van der Waals surface area contributed by atoms with Gasteiger partial charge in [-0.2, -0.15) is 0 Å². The first-order valence-corrected chi connectivity index (χ1v) is 6.92. The molecule has 2 aromatic rings. The average Bonchev–Trinajstić information content (AvgIpc) is 2.28. The summed E-state index contributed by atoms with van der Waals surface area (Å²) in [5.74, 6) is 0. The zero-order valence-corrected chi connectivity index (χ0v) is 12.6. The van der Waals surface area contributed by atoms with Crippen LogP contribution < -0.4 is 5.32 Å². The highest BCUT2D eigenvalue weighted by Crippen LogP contribution is 2.25. The molecule has 0 saturated carbocycles. The maximum atomic E-state index is 6.08. The molecule has 2 rings (SSSR count). The van der Waals surface area contributed by atoms with E-state index >= 15 is 0 Å². The Hall–Kier alpha value is -0.450. The fraction of sp³-hybridized carbons (Fsp3) is 0.0769. The minimum absolute atomic E-state index is 0.642. The van der Waals surface area contributed by atoms with Crippen LogP contribution in [0.4, 0.5) is 5.69 Å². The number of benzene rings is 2. The molecule has 17 heavy (non-hydrogen) atoms. The van der Waals surface area contributed by atoms with E-state index in [4.69, 9.17) is 23.2 Å². The van der Waals surface area contributed by atoms with Crippen molar-refractivity contribution in [2.75, 3.05) is 5.32 Å². The van der Waals surface area contributed by atoms with Gasteiger partial charge in [-0.05, 0) is 58.5 Å². The fourth-order valence-corrected chi connectivity index (χ4v) is 2.56. The Morgan fingerprint density at radius 1 is 1.06 bits per heavy atom. The molecule has 0 amide bonds. The third-order valence-electron chi connectivity index (χ3n) is 2.30. The number of anilines is 1. The minimum atomic E-state index is 0.642. The van der Waals surface area contributed by atoms with E-state index in [-0.39, 0.29) is 0 Å². The number of nitrogens with one attached hydrogen (secondary N) is 1. The van der Waals surface area contributed by atoms with Gasteiger partial charge in [-0.3, -0.25) is 0 Å². The Labute approximate surface area is 124 Å². The van der Waals surface area contributed by atoms with Gasteiger partial charge < -0.3 is 5.32 Å². The molecule has 88 valence electrons. The van der Waals surface area contributed by atoms with Crippen molar-refractivity contribution in [3.8, 4) is 0 Å². The largest absolute Gasteiger partial charge is 0.380 e. The van der Waals surface area contributed by atoms with E-state index < -0.39 is 0 Å². The zero-order chi connectivity index (χ0) is 12.3. The summed E-state index contributed by atoms with van der Waals surface area (Å²) in [6.45, 7) is 0.748. The summed E-state index contributed by atoms with van der Waals surface area (Å²) in [7, 11) is 0. The molecule has 1 N–H and O–H groups in total. The van der Waals surface area contributed by atoms with Crippen LogP contribution in [0, 0.1) is 3.57 Å². The van der Waals surface area contributed by atoms with Gasteiger partial charge in [-0.25, -0.2) is 0 Å². The number of rotatable bonds is 3. The van der Waals surface area contributed by atoms with E-state index in [1.54, 1.807) is 6.07 Å². The Bertz CT molecular complexity index is 529. The molecule has 0 atom stereocenters. The maximum Gasteiger partial charge on any atom is 0.0652 e. The van der Waals surface area contributed by atoms with Gasteiger partial charge in [-0.15, -0.1) is 0 Å². The second-order valence-electron chi connectivity index (χ2n) is 3.61. The average molecular weight is 378 g/mol. The molecule has 0 bridgehead atoms. The third kappa shape index (κ3) is 3.76. The van der Waals surface area contributed by atoms with Crippen LogP contribution in [0.25, 0.3) is 0 Å². The maximum absolute atomic E-state index is 6.08. The summed E-state index contributed by atoms with van der Waals surface area (Å²) >= 11 is 14.2. The zero-order valence-electron chi connectivity index (χ0n) is 8.88. The van der Waals surface area contributed by atoms with Gasteiger partial charge in [0.25, 0.3) is 0 Å². The van der Waals surface area contributed by atoms with Gasteiger partial charge >= 0.3 is 0 Å². The quantitative estimate of drug-likeness (QED) is 0.724. The van der Waals surface area contributed by atoms with Gasteiger partial charge in [0.2, 0.25) is 0 Å². The van der Waals surface area contributed by atoms with Gasteiger partial charge in [0.15, 0.2) is 0 Å². The van der Waals surface area contributed by atoms with Crippen LogP contribution in [0.2, 0.25) is 10.0 Å². The molecule has 0 aliphatic heterocycles. The molecule has 2 aromatic carbocycles. The molecule has 1 nitrogen and oxygen atoms in total. The molecule has 0 aliphatic rings. The summed E-state index contributed by atoms with van der Waals surface area (Å²) in [6, 6.07) is 13.8. The monoisotopic (exact) mass is 377 g/mol. The van der Waals surface area contributed by atoms with Crippen LogP contribution in [-0.4, -0.2) is 0 Å². The summed E-state index contributed by atoms with van der Waals surface area (Å²) < 4.78 is 1.23. The molecule has 0 fully saturated rings. The van der Waals surface area contributed by atoms with Crippen molar-refractivity contribution in [3.63, 3.8) is 0 Å². The fourth-order valence-electron chi connectivity index (χ4n) is 1.48. The lowest BCUT2D eigenvalue weighted by molar-refractivity contribution is 1.15. The van der Waals surface area contributed by atoms with Crippen molar-refractivity contribution < 1.29 is 0 Å². The minimum Gasteiger partial charge on any atom is -0.380 e. The Kier molecular flexibility index (Phi) is 4.54. The van der Waals surface area contributed by atoms with Gasteiger partial charge in [0, 0.05) is 15.1 Å². The van der Waals surface area contributed by atoms with Crippen molar-refractivity contribution in [2.45, 2.75) is 6.54 Å². The normalized spacial score (nSPS) is 10.3. The van der Waals surface area contributed by atoms with E-state index in [9.17, 15) is 0 Å². The van der Waals surface area contributed by atoms with Gasteiger partial charge in [0.1, 0.15) is 0 Å². The standard InChI is InChI=1S/C13H10Cl2IN/c14-10-4-5-13(12(15)7-10)17-8-9-2-1-3-11(16)6-9/h1-7,17H,8H2. The second-order valence-corrected chi connectivity index (χ2v) is 5.70. The smallest absolute Gasteiger partial charge is 0.0652 e. The third-order valence-corrected chi connectivity index (χ3v) is 3.52. The van der Waals surface area contributed by atoms with Crippen LogP contribution in [-0.2, 0) is 6.54 Å². The molecule has 0 radical (unpaired) electrons. The summed E-state index contributed by atoms with van der Waals surface area (Å²) in [5.41, 5.74) is 2.12. The van der Waals surface area contributed by atoms with E-state index in [0.717, 1.165) is 12.2 Å². The predicted octanol–water partition coefficient (Wildman–Crippen LogP) is 5.21. The Balaban J connectivity index is 2.07. The van der Waals surface area contributed by atoms with Crippen LogP contribution in [0.5, 0.6) is 0 Å². The van der Waals surface area contributed by atoms with E-state index in [0.29, 0.717) is 10.0 Å². The summed E-state index contributed by atoms with van der Waals surface area (Å²) in [6.07, 6.45) is 0. The van der Waals surface area contributed by atoms with Crippen LogP contribution in [0.15, 0.2) is 42.5 Å². The first-order chi connectivity index (χ1) is 8.15. The van der Waals surface area contributed by atoms with Gasteiger partial charge in [0.05, 0.1) is 10.7 Å². The number of hydrogen-bond acceptors (Lipinski definition) is 1. The van der Waals surface area contributed by atoms with Crippen LogP contribution >= 0.6 is 45.8 Å². The molecule has 0 aromatic heterocycles. The lowest BCUT2D eigenvalue weighted by Gasteiger charge is -2.09. The number of hydrogen-bond donors (Lipinski definition) is 1. The summed E-state index contributed by atoms with van der Waals surface area (Å²) in [5, 5.41) is 4.58. The van der Waals surface area contributed by atoms with Crippen molar-refractivity contribution >= 4 is 51.5 Å². The SMILES string of the molecule is Clc1ccc(NCc2cccc(I)c2)c(Cl)c1. The van der Waals surface area contributed by atoms with E-state index in [1.165, 1.54) is 9.13 Å². The highest BCUT2D eigenvalue weighted by molar-refractivity contribution is 14.1. The molecule has 0 saturated heterocycles. The van der Waals surface area contributed by atoms with Crippen molar-refractivity contribution in [2.24, 2.45) is 0 Å². The van der Waals surface area contributed by atoms with Crippen molar-refractivity contribution in [1.29, 1.82) is 0 Å². The molecular formula is C13H10Cl2IN. The van der Waals surface area contributed by atoms with E-state index in [1.807, 2.05) is 18.2 Å². The molecule has 0 heterocycles. The van der Waals surface area contributed by atoms with E-state index in [2.05, 4.69) is 46.1 Å². The number of halogens is 3. The Morgan fingerprint density at radius 3 is 2.59 bits per heavy atom. The highest BCUT2D eigenvalue weighted by atomic mass is 127. The molecule has 4 heteroatoms. The first-order valence-electron chi connectivity index (χ1n) is 5.08. The lowest BCUT2D eigenvalue weighted by atomic mass is 10.2. The summed E-state index contributed by atoms with van der Waals surface area (Å²) in [4.78, 5) is 0. The van der Waals surface area contributed by atoms with Crippen molar-refractivity contribution in [3.05, 3.63) is 61.6 Å². The topological polar surface area (TPSA) is 12.0 Å². The van der Waals surface area contributed by atoms with Crippen LogP contribution in [0.3, 0.4) is 0 Å². The first kappa shape index (κ1) is 13.0. The Morgan fingerprint density at radius 2 is 1.88 bits per heavy atom. The molecule has 0 spiro atoms. The predicted molar refractivity (Wildman–Crippen MR) is 82.9 cm³/mol. The second kappa shape index (κ2) is 5.94. The van der Waals surface area contributed by atoms with Crippen LogP contribution in [0.1, 0.15) is 5.56 Å². The molecular weight excluding hydrogens is 368 g/mol. The molecule has 0 unspecified atom stereocenters. The lowest BCUT2D eigenvalue weighted by Crippen LogP contribution is -1.99. The highest BCUT2D eigenvalue weighted by Gasteiger charge is 2.01. The molecule has 0 aliphatic carbocycles. The van der Waals surface area contributed by atoms with Gasteiger partial charge in [-0.1, -0.05) is 35.3 Å². The van der Waals surface area contributed by atoms with Crippen molar-refractivity contribution in [1.82, 2.24) is 0 Å².